The molecule has 3 rings (SSSR count). The van der Waals surface area contributed by atoms with Gasteiger partial charge in [0.15, 0.2) is 11.6 Å². The zero-order valence-corrected chi connectivity index (χ0v) is 12.8. The van der Waals surface area contributed by atoms with Crippen molar-refractivity contribution in [3.8, 4) is 34.0 Å². The molecule has 0 atom stereocenters. The third-order valence-electron chi connectivity index (χ3n) is 3.40. The number of hydrogen-bond donors (Lipinski definition) is 1. The largest absolute Gasteiger partial charge is 0.505 e. The molecular formula is C19H15FN2O2. The molecule has 4 nitrogen and oxygen atoms in total. The van der Waals surface area contributed by atoms with Crippen LogP contribution in [0.25, 0.3) is 22.5 Å². The van der Waals surface area contributed by atoms with Gasteiger partial charge in [-0.1, -0.05) is 36.9 Å². The number of halogens is 1. The predicted molar refractivity (Wildman–Crippen MR) is 90.2 cm³/mol. The molecule has 0 fully saturated rings. The average Bonchev–Trinajstić information content (AvgIpc) is 2.61. The zero-order chi connectivity index (χ0) is 16.9. The highest BCUT2D eigenvalue weighted by atomic mass is 19.1. The third kappa shape index (κ3) is 3.41. The Morgan fingerprint density at radius 3 is 2.33 bits per heavy atom. The molecule has 0 saturated heterocycles. The molecule has 0 aliphatic rings. The van der Waals surface area contributed by atoms with E-state index in [1.54, 1.807) is 30.3 Å². The Labute approximate surface area is 138 Å². The molecule has 5 heteroatoms. The molecule has 2 aromatic carbocycles. The summed E-state index contributed by atoms with van der Waals surface area (Å²) in [5.74, 6) is 0.611. The maximum atomic E-state index is 14.3. The highest BCUT2D eigenvalue weighted by Gasteiger charge is 2.08. The molecule has 1 N–H and O–H groups in total. The first kappa shape index (κ1) is 15.7. The van der Waals surface area contributed by atoms with Crippen LogP contribution in [0.1, 0.15) is 0 Å². The van der Waals surface area contributed by atoms with Crippen LogP contribution in [-0.2, 0) is 0 Å². The van der Waals surface area contributed by atoms with Gasteiger partial charge in [0.1, 0.15) is 18.2 Å². The molecule has 3 aromatic rings. The lowest BCUT2D eigenvalue weighted by atomic mass is 10.0. The SMILES string of the molecule is C=CCOc1ccc(-c2ccc(-c3ncc(O)cn3)cc2)c(F)c1. The summed E-state index contributed by atoms with van der Waals surface area (Å²) in [5.41, 5.74) is 2.01. The van der Waals surface area contributed by atoms with E-state index in [-0.39, 0.29) is 11.6 Å². The summed E-state index contributed by atoms with van der Waals surface area (Å²) in [6.07, 6.45) is 4.27. The van der Waals surface area contributed by atoms with Gasteiger partial charge in [0.05, 0.1) is 12.4 Å². The average molecular weight is 322 g/mol. The molecule has 0 spiro atoms. The number of benzene rings is 2. The Bertz CT molecular complexity index is 846. The van der Waals surface area contributed by atoms with Crippen LogP contribution in [0.4, 0.5) is 4.39 Å². The first-order chi connectivity index (χ1) is 11.7. The standard InChI is InChI=1S/C19H15FN2O2/c1-2-9-24-16-7-8-17(18(20)10-16)13-3-5-14(6-4-13)19-21-11-15(23)12-22-19/h2-8,10-12,23H,1,9H2. The van der Waals surface area contributed by atoms with Crippen molar-refractivity contribution in [2.24, 2.45) is 0 Å². The van der Waals surface area contributed by atoms with Crippen molar-refractivity contribution in [2.75, 3.05) is 6.61 Å². The van der Waals surface area contributed by atoms with Gasteiger partial charge in [0, 0.05) is 17.2 Å². The smallest absolute Gasteiger partial charge is 0.159 e. The van der Waals surface area contributed by atoms with Crippen molar-refractivity contribution in [3.63, 3.8) is 0 Å². The predicted octanol–water partition coefficient (Wildman–Crippen LogP) is 4.22. The minimum absolute atomic E-state index is 0.0104. The fourth-order valence-electron chi connectivity index (χ4n) is 2.24. The van der Waals surface area contributed by atoms with Crippen LogP contribution in [0.15, 0.2) is 67.5 Å². The second-order valence-electron chi connectivity index (χ2n) is 5.08. The Kier molecular flexibility index (Phi) is 4.52. The van der Waals surface area contributed by atoms with E-state index in [9.17, 15) is 9.50 Å². The summed E-state index contributed by atoms with van der Waals surface area (Å²) in [6.45, 7) is 3.89. The van der Waals surface area contributed by atoms with Crippen molar-refractivity contribution < 1.29 is 14.2 Å². The fraction of sp³-hybridized carbons (Fsp3) is 0.0526. The Morgan fingerprint density at radius 1 is 1.04 bits per heavy atom. The lowest BCUT2D eigenvalue weighted by molar-refractivity contribution is 0.361. The van der Waals surface area contributed by atoms with Crippen LogP contribution in [0.2, 0.25) is 0 Å². The van der Waals surface area contributed by atoms with Gasteiger partial charge in [-0.05, 0) is 17.7 Å². The summed E-state index contributed by atoms with van der Waals surface area (Å²) < 4.78 is 19.6. The van der Waals surface area contributed by atoms with E-state index >= 15 is 0 Å². The first-order valence-corrected chi connectivity index (χ1v) is 7.32. The van der Waals surface area contributed by atoms with Crippen molar-refractivity contribution >= 4 is 0 Å². The second kappa shape index (κ2) is 6.91. The minimum atomic E-state index is -0.356. The molecule has 0 saturated carbocycles. The van der Waals surface area contributed by atoms with Crippen molar-refractivity contribution in [2.45, 2.75) is 0 Å². The molecule has 0 radical (unpaired) electrons. The Hall–Kier alpha value is -3.21. The number of aromatic nitrogens is 2. The second-order valence-corrected chi connectivity index (χ2v) is 5.08. The number of nitrogens with zero attached hydrogens (tertiary/aromatic N) is 2. The quantitative estimate of drug-likeness (QED) is 0.715. The molecule has 1 aromatic heterocycles. The van der Waals surface area contributed by atoms with E-state index < -0.39 is 0 Å². The van der Waals surface area contributed by atoms with Gasteiger partial charge in [0.25, 0.3) is 0 Å². The summed E-state index contributed by atoms with van der Waals surface area (Å²) in [7, 11) is 0. The normalized spacial score (nSPS) is 10.4. The van der Waals surface area contributed by atoms with E-state index in [0.29, 0.717) is 23.7 Å². The maximum Gasteiger partial charge on any atom is 0.159 e. The number of ether oxygens (including phenoxy) is 1. The first-order valence-electron chi connectivity index (χ1n) is 7.32. The lowest BCUT2D eigenvalue weighted by Crippen LogP contribution is -1.94. The van der Waals surface area contributed by atoms with E-state index in [1.165, 1.54) is 18.5 Å². The molecular weight excluding hydrogens is 307 g/mol. The van der Waals surface area contributed by atoms with Gasteiger partial charge >= 0.3 is 0 Å². The van der Waals surface area contributed by atoms with Gasteiger partial charge in [-0.2, -0.15) is 0 Å². The molecule has 0 aliphatic heterocycles. The van der Waals surface area contributed by atoms with Crippen LogP contribution in [0.3, 0.4) is 0 Å². The molecule has 0 unspecified atom stereocenters. The summed E-state index contributed by atoms with van der Waals surface area (Å²) in [4.78, 5) is 8.10. The van der Waals surface area contributed by atoms with E-state index in [4.69, 9.17) is 4.74 Å². The van der Waals surface area contributed by atoms with Gasteiger partial charge < -0.3 is 9.84 Å². The topological polar surface area (TPSA) is 55.2 Å². The van der Waals surface area contributed by atoms with E-state index in [1.807, 2.05) is 12.1 Å². The Morgan fingerprint density at radius 2 is 1.71 bits per heavy atom. The van der Waals surface area contributed by atoms with E-state index in [2.05, 4.69) is 16.5 Å². The van der Waals surface area contributed by atoms with Crippen molar-refractivity contribution in [1.82, 2.24) is 9.97 Å². The highest BCUT2D eigenvalue weighted by Crippen LogP contribution is 2.28. The van der Waals surface area contributed by atoms with Gasteiger partial charge in [-0.3, -0.25) is 0 Å². The van der Waals surface area contributed by atoms with Crippen LogP contribution in [-0.4, -0.2) is 21.7 Å². The molecule has 24 heavy (non-hydrogen) atoms. The summed E-state index contributed by atoms with van der Waals surface area (Å²) >= 11 is 0. The third-order valence-corrected chi connectivity index (χ3v) is 3.40. The summed E-state index contributed by atoms with van der Waals surface area (Å²) in [6, 6.07) is 12.0. The molecule has 1 heterocycles. The Balaban J connectivity index is 1.85. The number of rotatable bonds is 5. The van der Waals surface area contributed by atoms with Crippen molar-refractivity contribution in [3.05, 3.63) is 73.3 Å². The van der Waals surface area contributed by atoms with Gasteiger partial charge in [-0.25, -0.2) is 14.4 Å². The molecule has 0 bridgehead atoms. The molecule has 0 amide bonds. The maximum absolute atomic E-state index is 14.3. The molecule has 120 valence electrons. The monoisotopic (exact) mass is 322 g/mol. The zero-order valence-electron chi connectivity index (χ0n) is 12.8. The molecule has 0 aliphatic carbocycles. The van der Waals surface area contributed by atoms with Crippen LogP contribution < -0.4 is 4.74 Å². The van der Waals surface area contributed by atoms with Crippen LogP contribution in [0, 0.1) is 5.82 Å². The van der Waals surface area contributed by atoms with Crippen molar-refractivity contribution in [1.29, 1.82) is 0 Å². The minimum Gasteiger partial charge on any atom is -0.505 e. The number of hydrogen-bond acceptors (Lipinski definition) is 4. The highest BCUT2D eigenvalue weighted by molar-refractivity contribution is 5.68. The number of aromatic hydroxyl groups is 1. The lowest BCUT2D eigenvalue weighted by Gasteiger charge is -2.08. The van der Waals surface area contributed by atoms with E-state index in [0.717, 1.165) is 11.1 Å². The van der Waals surface area contributed by atoms with Crippen LogP contribution in [0.5, 0.6) is 11.5 Å². The fourth-order valence-corrected chi connectivity index (χ4v) is 2.24. The van der Waals surface area contributed by atoms with Crippen LogP contribution >= 0.6 is 0 Å². The summed E-state index contributed by atoms with van der Waals surface area (Å²) in [5, 5.41) is 9.22. The van der Waals surface area contributed by atoms with Gasteiger partial charge in [-0.15, -0.1) is 0 Å². The van der Waals surface area contributed by atoms with Gasteiger partial charge in [0.2, 0.25) is 0 Å².